The zero-order chi connectivity index (χ0) is 12.3. The molecule has 2 aromatic rings. The summed E-state index contributed by atoms with van der Waals surface area (Å²) >= 11 is 0. The van der Waals surface area contributed by atoms with E-state index in [-0.39, 0.29) is 5.56 Å². The average molecular weight is 228 g/mol. The molecular formula is C14H16N2O. The number of fused-ring (bicyclic) bond motifs is 1. The van der Waals surface area contributed by atoms with Gasteiger partial charge in [-0.05, 0) is 31.0 Å². The Morgan fingerprint density at radius 3 is 2.94 bits per heavy atom. The fourth-order valence-corrected chi connectivity index (χ4v) is 1.81. The molecular weight excluding hydrogens is 212 g/mol. The fraction of sp³-hybridized carbons (Fsp3) is 0.286. The highest BCUT2D eigenvalue weighted by Crippen LogP contribution is 2.10. The van der Waals surface area contributed by atoms with Crippen molar-refractivity contribution in [3.8, 4) is 0 Å². The third-order valence-electron chi connectivity index (χ3n) is 2.65. The van der Waals surface area contributed by atoms with Crippen LogP contribution in [0.5, 0.6) is 0 Å². The van der Waals surface area contributed by atoms with Crippen molar-refractivity contribution >= 4 is 11.0 Å². The van der Waals surface area contributed by atoms with E-state index in [4.69, 9.17) is 0 Å². The van der Waals surface area contributed by atoms with Crippen molar-refractivity contribution in [2.45, 2.75) is 26.8 Å². The zero-order valence-electron chi connectivity index (χ0n) is 10.2. The molecule has 0 fully saturated rings. The summed E-state index contributed by atoms with van der Waals surface area (Å²) in [5.41, 5.74) is 1.85. The van der Waals surface area contributed by atoms with Gasteiger partial charge in [0, 0.05) is 24.2 Å². The van der Waals surface area contributed by atoms with Gasteiger partial charge in [0.1, 0.15) is 5.65 Å². The fourth-order valence-electron chi connectivity index (χ4n) is 1.81. The first kappa shape index (κ1) is 11.6. The van der Waals surface area contributed by atoms with Crippen LogP contribution in [0.3, 0.4) is 0 Å². The van der Waals surface area contributed by atoms with Gasteiger partial charge in [-0.3, -0.25) is 9.36 Å². The maximum Gasteiger partial charge on any atom is 0.252 e. The molecule has 0 atom stereocenters. The van der Waals surface area contributed by atoms with E-state index in [9.17, 15) is 4.79 Å². The van der Waals surface area contributed by atoms with Crippen LogP contribution < -0.4 is 5.56 Å². The zero-order valence-corrected chi connectivity index (χ0v) is 10.2. The van der Waals surface area contributed by atoms with E-state index < -0.39 is 0 Å². The van der Waals surface area contributed by atoms with E-state index in [2.05, 4.69) is 18.0 Å². The van der Waals surface area contributed by atoms with E-state index in [1.54, 1.807) is 16.8 Å². The topological polar surface area (TPSA) is 34.9 Å². The molecule has 2 heterocycles. The Kier molecular flexibility index (Phi) is 3.38. The molecule has 0 radical (unpaired) electrons. The summed E-state index contributed by atoms with van der Waals surface area (Å²) in [5, 5.41) is 1.01. The number of aryl methyl sites for hydroxylation is 1. The number of rotatable bonds is 3. The molecule has 0 saturated carbocycles. The van der Waals surface area contributed by atoms with Gasteiger partial charge in [-0.25, -0.2) is 4.98 Å². The van der Waals surface area contributed by atoms with Crippen LogP contribution in [0.2, 0.25) is 0 Å². The van der Waals surface area contributed by atoms with Crippen molar-refractivity contribution in [1.29, 1.82) is 0 Å². The lowest BCUT2D eigenvalue weighted by molar-refractivity contribution is 0.801. The van der Waals surface area contributed by atoms with Crippen LogP contribution >= 0.6 is 0 Å². The van der Waals surface area contributed by atoms with Gasteiger partial charge in [0.25, 0.3) is 5.56 Å². The van der Waals surface area contributed by atoms with Gasteiger partial charge in [-0.2, -0.15) is 0 Å². The van der Waals surface area contributed by atoms with Crippen molar-refractivity contribution < 1.29 is 0 Å². The van der Waals surface area contributed by atoms with Crippen molar-refractivity contribution in [2.24, 2.45) is 0 Å². The largest absolute Gasteiger partial charge is 0.289 e. The lowest BCUT2D eigenvalue weighted by Crippen LogP contribution is -2.19. The number of pyridine rings is 2. The Balaban J connectivity index is 2.55. The van der Waals surface area contributed by atoms with E-state index in [0.29, 0.717) is 6.54 Å². The molecule has 88 valence electrons. The standard InChI is InChI=1S/C14H16N2O/c1-3-4-5-8-16-13(17)7-6-12-9-11(2)10-15-14(12)16/h4-7,9-10H,3,8H2,1-2H3. The maximum absolute atomic E-state index is 11.8. The van der Waals surface area contributed by atoms with Gasteiger partial charge in [0.2, 0.25) is 0 Å². The monoisotopic (exact) mass is 228 g/mol. The number of hydrogen-bond donors (Lipinski definition) is 0. The van der Waals surface area contributed by atoms with Crippen LogP contribution in [0, 0.1) is 6.92 Å². The van der Waals surface area contributed by atoms with E-state index in [1.807, 2.05) is 25.1 Å². The highest BCUT2D eigenvalue weighted by Gasteiger charge is 2.02. The van der Waals surface area contributed by atoms with Crippen molar-refractivity contribution in [3.05, 3.63) is 52.5 Å². The quantitative estimate of drug-likeness (QED) is 0.757. The summed E-state index contributed by atoms with van der Waals surface area (Å²) in [6.07, 6.45) is 6.83. The number of nitrogens with zero attached hydrogens (tertiary/aromatic N) is 2. The van der Waals surface area contributed by atoms with Crippen molar-refractivity contribution in [3.63, 3.8) is 0 Å². The average Bonchev–Trinajstić information content (AvgIpc) is 2.32. The Morgan fingerprint density at radius 2 is 2.18 bits per heavy atom. The molecule has 2 rings (SSSR count). The first-order chi connectivity index (χ1) is 8.22. The van der Waals surface area contributed by atoms with Crippen LogP contribution in [-0.4, -0.2) is 9.55 Å². The van der Waals surface area contributed by atoms with Gasteiger partial charge < -0.3 is 0 Å². The third-order valence-corrected chi connectivity index (χ3v) is 2.65. The van der Waals surface area contributed by atoms with Gasteiger partial charge in [-0.15, -0.1) is 0 Å². The van der Waals surface area contributed by atoms with Gasteiger partial charge in [-0.1, -0.05) is 19.1 Å². The molecule has 0 aliphatic carbocycles. The smallest absolute Gasteiger partial charge is 0.252 e. The first-order valence-corrected chi connectivity index (χ1v) is 5.83. The molecule has 0 amide bonds. The number of allylic oxidation sites excluding steroid dienone is 2. The summed E-state index contributed by atoms with van der Waals surface area (Å²) in [7, 11) is 0. The molecule has 0 N–H and O–H groups in total. The lowest BCUT2D eigenvalue weighted by Gasteiger charge is -2.06. The molecule has 0 spiro atoms. The second-order valence-electron chi connectivity index (χ2n) is 4.09. The molecule has 0 aliphatic heterocycles. The van der Waals surface area contributed by atoms with Crippen LogP contribution in [0.25, 0.3) is 11.0 Å². The summed E-state index contributed by atoms with van der Waals surface area (Å²) in [4.78, 5) is 16.2. The van der Waals surface area contributed by atoms with Crippen LogP contribution in [-0.2, 0) is 6.54 Å². The predicted molar refractivity (Wildman–Crippen MR) is 70.2 cm³/mol. The van der Waals surface area contributed by atoms with Crippen molar-refractivity contribution in [1.82, 2.24) is 9.55 Å². The van der Waals surface area contributed by atoms with E-state index >= 15 is 0 Å². The highest BCUT2D eigenvalue weighted by molar-refractivity contribution is 5.75. The van der Waals surface area contributed by atoms with Crippen LogP contribution in [0.15, 0.2) is 41.3 Å². The number of hydrogen-bond acceptors (Lipinski definition) is 2. The van der Waals surface area contributed by atoms with E-state index in [0.717, 1.165) is 23.0 Å². The van der Waals surface area contributed by atoms with Gasteiger partial charge in [0.15, 0.2) is 0 Å². The Morgan fingerprint density at radius 1 is 1.35 bits per heavy atom. The molecule has 3 nitrogen and oxygen atoms in total. The third kappa shape index (κ3) is 2.44. The molecule has 0 unspecified atom stereocenters. The molecule has 0 aliphatic rings. The summed E-state index contributed by atoms with van der Waals surface area (Å²) in [6.45, 7) is 4.66. The summed E-state index contributed by atoms with van der Waals surface area (Å²) < 4.78 is 1.70. The molecule has 0 bridgehead atoms. The molecule has 3 heteroatoms. The van der Waals surface area contributed by atoms with Crippen molar-refractivity contribution in [2.75, 3.05) is 0 Å². The lowest BCUT2D eigenvalue weighted by atomic mass is 10.2. The highest BCUT2D eigenvalue weighted by atomic mass is 16.1. The minimum absolute atomic E-state index is 0.00499. The van der Waals surface area contributed by atoms with Gasteiger partial charge >= 0.3 is 0 Å². The molecule has 2 aromatic heterocycles. The minimum atomic E-state index is -0.00499. The number of aromatic nitrogens is 2. The summed E-state index contributed by atoms with van der Waals surface area (Å²) in [5.74, 6) is 0. The first-order valence-electron chi connectivity index (χ1n) is 5.83. The Hall–Kier alpha value is -1.90. The maximum atomic E-state index is 11.8. The second-order valence-corrected chi connectivity index (χ2v) is 4.09. The van der Waals surface area contributed by atoms with Crippen LogP contribution in [0.4, 0.5) is 0 Å². The van der Waals surface area contributed by atoms with Gasteiger partial charge in [0.05, 0.1) is 0 Å². The van der Waals surface area contributed by atoms with E-state index in [1.165, 1.54) is 0 Å². The van der Waals surface area contributed by atoms with Crippen LogP contribution in [0.1, 0.15) is 18.9 Å². The minimum Gasteiger partial charge on any atom is -0.289 e. The Labute approximate surface area is 100 Å². The Bertz CT molecular complexity index is 611. The molecule has 17 heavy (non-hydrogen) atoms. The molecule has 0 saturated heterocycles. The normalized spacial score (nSPS) is 11.4. The molecule has 0 aromatic carbocycles. The SMILES string of the molecule is CCC=CCn1c(=O)ccc2cc(C)cnc21. The summed E-state index contributed by atoms with van der Waals surface area (Å²) in [6, 6.07) is 5.47. The second kappa shape index (κ2) is 4.95. The predicted octanol–water partition coefficient (Wildman–Crippen LogP) is 2.67.